The van der Waals surface area contributed by atoms with Crippen LogP contribution in [0.4, 0.5) is 10.6 Å². The van der Waals surface area contributed by atoms with E-state index in [0.29, 0.717) is 18.8 Å². The maximum Gasteiger partial charge on any atom is 0.413 e. The Labute approximate surface area is 197 Å². The Bertz CT molecular complexity index is 1070. The first kappa shape index (κ1) is 23.7. The van der Waals surface area contributed by atoms with Crippen LogP contribution in [0.1, 0.15) is 51.2 Å². The fraction of sp³-hybridized carbons (Fsp3) is 0.320. The number of hydrogen-bond acceptors (Lipinski definition) is 4. The zero-order chi connectivity index (χ0) is 23.3. The molecule has 1 atom stereocenters. The van der Waals surface area contributed by atoms with Gasteiger partial charge in [0.2, 0.25) is 0 Å². The molecule has 6 nitrogen and oxygen atoms in total. The number of carbonyl (C=O) groups is 1. The summed E-state index contributed by atoms with van der Waals surface area (Å²) in [5, 5.41) is 7.80. The first-order valence-corrected chi connectivity index (χ1v) is 11.4. The molecule has 0 bridgehead atoms. The molecule has 3 aromatic rings. The van der Waals surface area contributed by atoms with Gasteiger partial charge in [0.15, 0.2) is 0 Å². The number of allylic oxidation sites excluding steroid dienone is 1. The smallest absolute Gasteiger partial charge is 0.413 e. The highest BCUT2D eigenvalue weighted by Gasteiger charge is 2.29. The number of nitrogens with one attached hydrogen (secondary N) is 1. The zero-order valence-electron chi connectivity index (χ0n) is 18.9. The number of ether oxygens (including phenoxy) is 1. The van der Waals surface area contributed by atoms with Crippen molar-refractivity contribution in [1.82, 2.24) is 14.8 Å². The minimum Gasteiger partial charge on any atom is -0.444 e. The summed E-state index contributed by atoms with van der Waals surface area (Å²) in [6.07, 6.45) is 3.77. The van der Waals surface area contributed by atoms with E-state index in [0.717, 1.165) is 27.0 Å². The molecular formula is C25H29BrN4O2. The van der Waals surface area contributed by atoms with E-state index in [-0.39, 0.29) is 5.92 Å². The minimum atomic E-state index is -0.614. The third-order valence-electron chi connectivity index (χ3n) is 4.84. The summed E-state index contributed by atoms with van der Waals surface area (Å²) in [6, 6.07) is 13.9. The van der Waals surface area contributed by atoms with Gasteiger partial charge in [-0.2, -0.15) is 5.10 Å². The topological polar surface area (TPSA) is 69.0 Å². The maximum atomic E-state index is 12.7. The van der Waals surface area contributed by atoms with Crippen molar-refractivity contribution in [2.45, 2.75) is 52.2 Å². The summed E-state index contributed by atoms with van der Waals surface area (Å²) in [7, 11) is 0. The lowest BCUT2D eigenvalue weighted by molar-refractivity contribution is 0.0634. The van der Waals surface area contributed by atoms with Crippen molar-refractivity contribution in [3.05, 3.63) is 76.9 Å². The van der Waals surface area contributed by atoms with Gasteiger partial charge in [-0.05, 0) is 63.9 Å². The van der Waals surface area contributed by atoms with Gasteiger partial charge >= 0.3 is 6.09 Å². The highest BCUT2D eigenvalue weighted by molar-refractivity contribution is 9.10. The fourth-order valence-corrected chi connectivity index (χ4v) is 3.81. The Morgan fingerprint density at radius 1 is 1.25 bits per heavy atom. The lowest BCUT2D eigenvalue weighted by Crippen LogP contribution is -2.28. The molecule has 0 aliphatic heterocycles. The summed E-state index contributed by atoms with van der Waals surface area (Å²) >= 11 is 3.51. The molecule has 168 valence electrons. The number of rotatable bonds is 7. The Morgan fingerprint density at radius 2 is 1.97 bits per heavy atom. The molecule has 1 aromatic carbocycles. The van der Waals surface area contributed by atoms with Crippen LogP contribution in [0.3, 0.4) is 0 Å². The number of carbonyl (C=O) groups excluding carboxylic acids is 1. The first-order chi connectivity index (χ1) is 15.2. The van der Waals surface area contributed by atoms with Gasteiger partial charge in [0, 0.05) is 28.7 Å². The van der Waals surface area contributed by atoms with Gasteiger partial charge in [0.25, 0.3) is 0 Å². The Morgan fingerprint density at radius 3 is 2.53 bits per heavy atom. The number of nitrogens with zero attached hydrogens (tertiary/aromatic N) is 3. The number of amides is 1. The van der Waals surface area contributed by atoms with Gasteiger partial charge in [-0.1, -0.05) is 40.2 Å². The van der Waals surface area contributed by atoms with Gasteiger partial charge in [-0.25, -0.2) is 9.48 Å². The van der Waals surface area contributed by atoms with Crippen LogP contribution < -0.4 is 5.32 Å². The van der Waals surface area contributed by atoms with Crippen molar-refractivity contribution in [3.63, 3.8) is 0 Å². The highest BCUT2D eigenvalue weighted by atomic mass is 79.9. The molecule has 2 heterocycles. The molecule has 7 heteroatoms. The monoisotopic (exact) mass is 496 g/mol. The van der Waals surface area contributed by atoms with E-state index in [4.69, 9.17) is 9.84 Å². The molecule has 0 fully saturated rings. The number of anilines is 1. The molecule has 2 aromatic heterocycles. The second kappa shape index (κ2) is 10.1. The fourth-order valence-electron chi connectivity index (χ4n) is 3.54. The average Bonchev–Trinajstić information content (AvgIpc) is 3.10. The van der Waals surface area contributed by atoms with Crippen molar-refractivity contribution in [3.8, 4) is 11.4 Å². The van der Waals surface area contributed by atoms with E-state index >= 15 is 0 Å². The van der Waals surface area contributed by atoms with Crippen LogP contribution in [0.2, 0.25) is 0 Å². The van der Waals surface area contributed by atoms with Crippen LogP contribution in [0, 0.1) is 0 Å². The van der Waals surface area contributed by atoms with Crippen LogP contribution in [-0.4, -0.2) is 26.5 Å². The van der Waals surface area contributed by atoms with E-state index in [9.17, 15) is 4.79 Å². The number of pyridine rings is 1. The van der Waals surface area contributed by atoms with E-state index in [1.165, 1.54) is 0 Å². The summed E-state index contributed by atoms with van der Waals surface area (Å²) in [5.74, 6) is 0.528. The molecular weight excluding hydrogens is 468 g/mol. The molecule has 0 aliphatic rings. The zero-order valence-corrected chi connectivity index (χ0v) is 20.5. The second-order valence-corrected chi connectivity index (χ2v) is 9.31. The maximum absolute atomic E-state index is 12.7. The average molecular weight is 497 g/mol. The standard InChI is InChI=1S/C25H29BrN4O2/c1-6-10-19(17-12-14-18(26)15-13-17)21-22(20-11-8-9-16-27-20)29-30(7-2)23(21)28-24(31)32-25(3,4)5/h6,8-9,11-16,19H,1,7,10H2,2-5H3,(H,28,31). The highest BCUT2D eigenvalue weighted by Crippen LogP contribution is 2.40. The van der Waals surface area contributed by atoms with Crippen molar-refractivity contribution < 1.29 is 9.53 Å². The summed E-state index contributed by atoms with van der Waals surface area (Å²) in [5.41, 5.74) is 2.84. The lowest BCUT2D eigenvalue weighted by atomic mass is 9.87. The van der Waals surface area contributed by atoms with E-state index in [1.54, 1.807) is 10.9 Å². The molecule has 0 saturated heterocycles. The predicted octanol–water partition coefficient (Wildman–Crippen LogP) is 6.78. The van der Waals surface area contributed by atoms with Crippen LogP contribution in [0.5, 0.6) is 0 Å². The molecule has 1 amide bonds. The Kier molecular flexibility index (Phi) is 7.51. The predicted molar refractivity (Wildman–Crippen MR) is 132 cm³/mol. The van der Waals surface area contributed by atoms with E-state index in [1.807, 2.05) is 64.1 Å². The first-order valence-electron chi connectivity index (χ1n) is 10.6. The van der Waals surface area contributed by atoms with Gasteiger partial charge in [0.1, 0.15) is 17.1 Å². The lowest BCUT2D eigenvalue weighted by Gasteiger charge is -2.22. The van der Waals surface area contributed by atoms with Crippen LogP contribution in [-0.2, 0) is 11.3 Å². The SMILES string of the molecule is C=CCC(c1ccc(Br)cc1)c1c(-c2ccccn2)nn(CC)c1NC(=O)OC(C)(C)C. The number of halogens is 1. The molecule has 0 saturated carbocycles. The molecule has 32 heavy (non-hydrogen) atoms. The van der Waals surface area contributed by atoms with Crippen molar-refractivity contribution >= 4 is 27.8 Å². The molecule has 1 unspecified atom stereocenters. The van der Waals surface area contributed by atoms with Crippen LogP contribution >= 0.6 is 15.9 Å². The third kappa shape index (κ3) is 5.65. The van der Waals surface area contributed by atoms with Gasteiger partial charge in [0.05, 0.1) is 5.69 Å². The second-order valence-electron chi connectivity index (χ2n) is 8.40. The Balaban J connectivity index is 2.21. The van der Waals surface area contributed by atoms with Crippen molar-refractivity contribution in [2.75, 3.05) is 5.32 Å². The van der Waals surface area contributed by atoms with Crippen molar-refractivity contribution in [2.24, 2.45) is 0 Å². The molecule has 0 spiro atoms. The summed E-state index contributed by atoms with van der Waals surface area (Å²) in [6.45, 7) is 12.1. The van der Waals surface area contributed by atoms with E-state index in [2.05, 4.69) is 44.9 Å². The third-order valence-corrected chi connectivity index (χ3v) is 5.37. The minimum absolute atomic E-state index is 0.0807. The largest absolute Gasteiger partial charge is 0.444 e. The van der Waals surface area contributed by atoms with Gasteiger partial charge < -0.3 is 4.74 Å². The van der Waals surface area contributed by atoms with Crippen molar-refractivity contribution in [1.29, 1.82) is 0 Å². The number of aromatic nitrogens is 3. The molecule has 1 N–H and O–H groups in total. The summed E-state index contributed by atoms with van der Waals surface area (Å²) < 4.78 is 8.33. The quantitative estimate of drug-likeness (QED) is 0.365. The number of benzene rings is 1. The number of hydrogen-bond donors (Lipinski definition) is 1. The Hall–Kier alpha value is -2.93. The summed E-state index contributed by atoms with van der Waals surface area (Å²) in [4.78, 5) is 17.3. The molecule has 0 radical (unpaired) electrons. The van der Waals surface area contributed by atoms with Gasteiger partial charge in [-0.15, -0.1) is 6.58 Å². The van der Waals surface area contributed by atoms with E-state index < -0.39 is 11.7 Å². The normalized spacial score (nSPS) is 12.3. The molecule has 3 rings (SSSR count). The van der Waals surface area contributed by atoms with Gasteiger partial charge in [-0.3, -0.25) is 10.3 Å². The van der Waals surface area contributed by atoms with Crippen LogP contribution in [0.25, 0.3) is 11.4 Å². The van der Waals surface area contributed by atoms with Crippen LogP contribution in [0.15, 0.2) is 65.8 Å². The number of aryl methyl sites for hydroxylation is 1. The molecule has 0 aliphatic carbocycles.